The first-order chi connectivity index (χ1) is 8.40. The zero-order chi connectivity index (χ0) is 13.8. The summed E-state index contributed by atoms with van der Waals surface area (Å²) < 4.78 is 4.81. The van der Waals surface area contributed by atoms with Crippen molar-refractivity contribution in [2.75, 3.05) is 11.9 Å². The lowest BCUT2D eigenvalue weighted by molar-refractivity contribution is 0.168. The summed E-state index contributed by atoms with van der Waals surface area (Å²) in [7, 11) is 0. The quantitative estimate of drug-likeness (QED) is 0.868. The molecule has 0 aliphatic heterocycles. The monoisotopic (exact) mass is 269 g/mol. The number of carbonyl (C=O) groups excluding carboxylic acids is 1. The van der Waals surface area contributed by atoms with Crippen LogP contribution in [-0.2, 0) is 10.2 Å². The third-order valence-electron chi connectivity index (χ3n) is 3.15. The molecule has 0 saturated heterocycles. The second-order valence-corrected chi connectivity index (χ2v) is 5.18. The first kappa shape index (κ1) is 14.8. The number of benzene rings is 1. The van der Waals surface area contributed by atoms with E-state index in [-0.39, 0.29) is 5.41 Å². The standard InChI is InChI=1S/C14H20ClNO2/c1-5-14(3,4)10-7-8-12(11(15)9-10)16-13(17)18-6-2/h7-9H,5-6H2,1-4H3,(H,16,17). The van der Waals surface area contributed by atoms with Gasteiger partial charge in [0.15, 0.2) is 0 Å². The van der Waals surface area contributed by atoms with Crippen molar-refractivity contribution < 1.29 is 9.53 Å². The highest BCUT2D eigenvalue weighted by Gasteiger charge is 2.19. The predicted octanol–water partition coefficient (Wildman–Crippen LogP) is 4.60. The van der Waals surface area contributed by atoms with Gasteiger partial charge >= 0.3 is 6.09 Å². The number of carbonyl (C=O) groups is 1. The third-order valence-corrected chi connectivity index (χ3v) is 3.46. The van der Waals surface area contributed by atoms with Crippen molar-refractivity contribution in [1.82, 2.24) is 0 Å². The van der Waals surface area contributed by atoms with Gasteiger partial charge in [0, 0.05) is 0 Å². The van der Waals surface area contributed by atoms with Gasteiger partial charge in [0.1, 0.15) is 0 Å². The van der Waals surface area contributed by atoms with Crippen molar-refractivity contribution in [3.63, 3.8) is 0 Å². The number of rotatable bonds is 4. The van der Waals surface area contributed by atoms with E-state index in [1.807, 2.05) is 18.2 Å². The van der Waals surface area contributed by atoms with Crippen molar-refractivity contribution in [3.05, 3.63) is 28.8 Å². The largest absolute Gasteiger partial charge is 0.450 e. The Labute approximate surface area is 113 Å². The molecule has 0 radical (unpaired) electrons. The Morgan fingerprint density at radius 1 is 1.39 bits per heavy atom. The number of amides is 1. The summed E-state index contributed by atoms with van der Waals surface area (Å²) in [6.45, 7) is 8.56. The molecule has 0 saturated carbocycles. The van der Waals surface area contributed by atoms with Crippen LogP contribution in [0.25, 0.3) is 0 Å². The van der Waals surface area contributed by atoms with E-state index in [2.05, 4.69) is 26.1 Å². The van der Waals surface area contributed by atoms with Crippen LogP contribution >= 0.6 is 11.6 Å². The number of ether oxygens (including phenoxy) is 1. The second-order valence-electron chi connectivity index (χ2n) is 4.78. The minimum Gasteiger partial charge on any atom is -0.450 e. The number of hydrogen-bond acceptors (Lipinski definition) is 2. The number of nitrogens with one attached hydrogen (secondary N) is 1. The van der Waals surface area contributed by atoms with E-state index < -0.39 is 6.09 Å². The Kier molecular flexibility index (Phi) is 5.03. The van der Waals surface area contributed by atoms with Crippen molar-refractivity contribution in [3.8, 4) is 0 Å². The molecule has 0 spiro atoms. The summed E-state index contributed by atoms with van der Waals surface area (Å²) in [5.41, 5.74) is 1.81. The van der Waals surface area contributed by atoms with Crippen molar-refractivity contribution in [2.24, 2.45) is 0 Å². The average molecular weight is 270 g/mol. The highest BCUT2D eigenvalue weighted by Crippen LogP contribution is 2.32. The molecule has 0 aliphatic carbocycles. The normalized spacial score (nSPS) is 11.2. The summed E-state index contributed by atoms with van der Waals surface area (Å²) >= 11 is 6.17. The van der Waals surface area contributed by atoms with Crippen LogP contribution in [0.1, 0.15) is 39.7 Å². The minimum absolute atomic E-state index is 0.0755. The molecule has 1 aromatic carbocycles. The fourth-order valence-electron chi connectivity index (χ4n) is 1.52. The molecule has 0 heterocycles. The van der Waals surface area contributed by atoms with Gasteiger partial charge in [-0.3, -0.25) is 5.32 Å². The van der Waals surface area contributed by atoms with E-state index in [4.69, 9.17) is 16.3 Å². The fourth-order valence-corrected chi connectivity index (χ4v) is 1.75. The zero-order valence-corrected chi connectivity index (χ0v) is 12.1. The molecule has 0 unspecified atom stereocenters. The summed E-state index contributed by atoms with van der Waals surface area (Å²) in [5.74, 6) is 0. The predicted molar refractivity (Wildman–Crippen MR) is 75.4 cm³/mol. The van der Waals surface area contributed by atoms with Gasteiger partial charge in [-0.25, -0.2) is 4.79 Å². The smallest absolute Gasteiger partial charge is 0.411 e. The molecule has 18 heavy (non-hydrogen) atoms. The van der Waals surface area contributed by atoms with Gasteiger partial charge in [0.2, 0.25) is 0 Å². The lowest BCUT2D eigenvalue weighted by atomic mass is 9.82. The Balaban J connectivity index is 2.90. The highest BCUT2D eigenvalue weighted by molar-refractivity contribution is 6.33. The SMILES string of the molecule is CCOC(=O)Nc1ccc(C(C)(C)CC)cc1Cl. The van der Waals surface area contributed by atoms with Gasteiger partial charge in [-0.2, -0.15) is 0 Å². The fraction of sp³-hybridized carbons (Fsp3) is 0.500. The molecule has 1 amide bonds. The number of hydrogen-bond donors (Lipinski definition) is 1. The topological polar surface area (TPSA) is 38.3 Å². The maximum Gasteiger partial charge on any atom is 0.411 e. The van der Waals surface area contributed by atoms with Crippen molar-refractivity contribution >= 4 is 23.4 Å². The van der Waals surface area contributed by atoms with E-state index in [0.717, 1.165) is 12.0 Å². The highest BCUT2D eigenvalue weighted by atomic mass is 35.5. The molecule has 1 aromatic rings. The maximum absolute atomic E-state index is 11.3. The van der Waals surface area contributed by atoms with Gasteiger partial charge in [0.05, 0.1) is 17.3 Å². The van der Waals surface area contributed by atoms with Gasteiger partial charge < -0.3 is 4.74 Å². The van der Waals surface area contributed by atoms with Crippen LogP contribution in [0, 0.1) is 0 Å². The van der Waals surface area contributed by atoms with Crippen LogP contribution in [-0.4, -0.2) is 12.7 Å². The molecule has 3 nitrogen and oxygen atoms in total. The summed E-state index contributed by atoms with van der Waals surface area (Å²) in [6.07, 6.45) is 0.537. The van der Waals surface area contributed by atoms with Crippen LogP contribution in [0.3, 0.4) is 0 Å². The molecule has 0 bridgehead atoms. The summed E-state index contributed by atoms with van der Waals surface area (Å²) in [5, 5.41) is 3.14. The van der Waals surface area contributed by atoms with Crippen LogP contribution in [0.15, 0.2) is 18.2 Å². The molecule has 1 rings (SSSR count). The van der Waals surface area contributed by atoms with Crippen LogP contribution in [0.4, 0.5) is 10.5 Å². The number of halogens is 1. The Bertz CT molecular complexity index is 430. The summed E-state index contributed by atoms with van der Waals surface area (Å²) in [6, 6.07) is 5.69. The molecule has 0 aliphatic rings. The van der Waals surface area contributed by atoms with E-state index in [9.17, 15) is 4.79 Å². The van der Waals surface area contributed by atoms with Crippen LogP contribution in [0.2, 0.25) is 5.02 Å². The van der Waals surface area contributed by atoms with Crippen LogP contribution < -0.4 is 5.32 Å². The van der Waals surface area contributed by atoms with Crippen molar-refractivity contribution in [2.45, 2.75) is 39.5 Å². The van der Waals surface area contributed by atoms with E-state index in [1.165, 1.54) is 0 Å². The first-order valence-corrected chi connectivity index (χ1v) is 6.52. The lowest BCUT2D eigenvalue weighted by Crippen LogP contribution is -2.17. The van der Waals surface area contributed by atoms with Crippen molar-refractivity contribution in [1.29, 1.82) is 0 Å². The summed E-state index contributed by atoms with van der Waals surface area (Å²) in [4.78, 5) is 11.3. The van der Waals surface area contributed by atoms with Crippen LogP contribution in [0.5, 0.6) is 0 Å². The van der Waals surface area contributed by atoms with Gasteiger partial charge in [-0.1, -0.05) is 38.4 Å². The zero-order valence-electron chi connectivity index (χ0n) is 11.3. The van der Waals surface area contributed by atoms with Gasteiger partial charge in [-0.05, 0) is 36.5 Å². The van der Waals surface area contributed by atoms with Gasteiger partial charge in [-0.15, -0.1) is 0 Å². The molecule has 0 aromatic heterocycles. The lowest BCUT2D eigenvalue weighted by Gasteiger charge is -2.24. The van der Waals surface area contributed by atoms with E-state index in [1.54, 1.807) is 6.92 Å². The third kappa shape index (κ3) is 3.64. The maximum atomic E-state index is 11.3. The molecular weight excluding hydrogens is 250 g/mol. The Morgan fingerprint density at radius 3 is 2.56 bits per heavy atom. The molecular formula is C14H20ClNO2. The van der Waals surface area contributed by atoms with E-state index >= 15 is 0 Å². The minimum atomic E-state index is -0.484. The molecule has 4 heteroatoms. The molecule has 0 fully saturated rings. The second kappa shape index (κ2) is 6.10. The Morgan fingerprint density at radius 2 is 2.06 bits per heavy atom. The average Bonchev–Trinajstić information content (AvgIpc) is 2.32. The number of anilines is 1. The van der Waals surface area contributed by atoms with E-state index in [0.29, 0.717) is 17.3 Å². The van der Waals surface area contributed by atoms with Gasteiger partial charge in [0.25, 0.3) is 0 Å². The molecule has 1 N–H and O–H groups in total. The molecule has 100 valence electrons. The Hall–Kier alpha value is -1.22. The first-order valence-electron chi connectivity index (χ1n) is 6.14. The molecule has 0 atom stereocenters.